The maximum atomic E-state index is 9.63. The fourth-order valence-electron chi connectivity index (χ4n) is 1.67. The molecule has 2 rings (SSSR count). The van der Waals surface area contributed by atoms with Gasteiger partial charge < -0.3 is 9.84 Å². The van der Waals surface area contributed by atoms with E-state index in [2.05, 4.69) is 17.0 Å². The second kappa shape index (κ2) is 5.64. The molecule has 0 spiro atoms. The zero-order chi connectivity index (χ0) is 13.0. The van der Waals surface area contributed by atoms with Crippen LogP contribution >= 0.6 is 0 Å². The van der Waals surface area contributed by atoms with Crippen LogP contribution < -0.4 is 4.74 Å². The summed E-state index contributed by atoms with van der Waals surface area (Å²) in [5, 5.41) is 13.8. The summed E-state index contributed by atoms with van der Waals surface area (Å²) < 4.78 is 7.46. The van der Waals surface area contributed by atoms with Crippen LogP contribution in [0.15, 0.2) is 30.7 Å². The van der Waals surface area contributed by atoms with E-state index in [9.17, 15) is 5.11 Å². The fraction of sp³-hybridized carbons (Fsp3) is 0.385. The number of aliphatic hydroxyl groups excluding tert-OH is 1. The molecule has 18 heavy (non-hydrogen) atoms. The van der Waals surface area contributed by atoms with Gasteiger partial charge in [-0.2, -0.15) is 5.10 Å². The van der Waals surface area contributed by atoms with E-state index in [0.29, 0.717) is 17.2 Å². The summed E-state index contributed by atoms with van der Waals surface area (Å²) in [6, 6.07) is 3.57. The fourth-order valence-corrected chi connectivity index (χ4v) is 1.67. The molecule has 0 aliphatic rings. The van der Waals surface area contributed by atoms with Crippen LogP contribution in [0.3, 0.4) is 0 Å². The van der Waals surface area contributed by atoms with E-state index in [4.69, 9.17) is 4.74 Å². The van der Waals surface area contributed by atoms with Crippen LogP contribution in [0.2, 0.25) is 0 Å². The van der Waals surface area contributed by atoms with Gasteiger partial charge >= 0.3 is 0 Å². The van der Waals surface area contributed by atoms with Gasteiger partial charge in [-0.1, -0.05) is 6.92 Å². The smallest absolute Gasteiger partial charge is 0.225 e. The molecule has 5 heteroatoms. The molecule has 0 aromatic carbocycles. The molecule has 0 aliphatic heterocycles. The summed E-state index contributed by atoms with van der Waals surface area (Å²) in [5.41, 5.74) is 0.667. The molecule has 0 amide bonds. The first-order valence-corrected chi connectivity index (χ1v) is 6.04. The van der Waals surface area contributed by atoms with Crippen molar-refractivity contribution in [3.8, 4) is 11.6 Å². The quantitative estimate of drug-likeness (QED) is 0.882. The Bertz CT molecular complexity index is 508. The minimum Gasteiger partial charge on any atom is -0.435 e. The van der Waals surface area contributed by atoms with Crippen LogP contribution in [0.25, 0.3) is 0 Å². The lowest BCUT2D eigenvalue weighted by Gasteiger charge is -2.09. The Labute approximate surface area is 106 Å². The molecule has 5 nitrogen and oxygen atoms in total. The highest BCUT2D eigenvalue weighted by Gasteiger charge is 2.11. The summed E-state index contributed by atoms with van der Waals surface area (Å²) in [6.07, 6.45) is 5.51. The minimum absolute atomic E-state index is 0.420. The van der Waals surface area contributed by atoms with Crippen molar-refractivity contribution < 1.29 is 9.84 Å². The Morgan fingerprint density at radius 3 is 3.06 bits per heavy atom. The van der Waals surface area contributed by atoms with Crippen LogP contribution in [0.4, 0.5) is 0 Å². The molecule has 0 saturated carbocycles. The Morgan fingerprint density at radius 2 is 2.33 bits per heavy atom. The van der Waals surface area contributed by atoms with Crippen LogP contribution in [-0.2, 0) is 6.54 Å². The number of ether oxygens (including phenoxy) is 1. The average molecular weight is 247 g/mol. The lowest BCUT2D eigenvalue weighted by atomic mass is 10.2. The number of hydrogen-bond acceptors (Lipinski definition) is 4. The van der Waals surface area contributed by atoms with Crippen LogP contribution in [0.5, 0.6) is 11.6 Å². The average Bonchev–Trinajstić information content (AvgIpc) is 2.77. The topological polar surface area (TPSA) is 60.2 Å². The standard InChI is InChI=1S/C13H17N3O2/c1-3-7-16-9-11(8-15-16)18-13-12(10(2)17)5-4-6-14-13/h4-6,8-10,17H,3,7H2,1-2H3. The predicted molar refractivity (Wildman–Crippen MR) is 67.5 cm³/mol. The van der Waals surface area contributed by atoms with Crippen LogP contribution in [0, 0.1) is 0 Å². The summed E-state index contributed by atoms with van der Waals surface area (Å²) in [4.78, 5) is 4.13. The maximum Gasteiger partial charge on any atom is 0.225 e. The molecule has 0 saturated heterocycles. The number of rotatable bonds is 5. The number of hydrogen-bond donors (Lipinski definition) is 1. The molecule has 0 fully saturated rings. The monoisotopic (exact) mass is 247 g/mol. The van der Waals surface area contributed by atoms with Gasteiger partial charge in [0.2, 0.25) is 5.88 Å². The van der Waals surface area contributed by atoms with Gasteiger partial charge in [0.15, 0.2) is 5.75 Å². The van der Waals surface area contributed by atoms with Crippen LogP contribution in [-0.4, -0.2) is 19.9 Å². The molecular formula is C13H17N3O2. The van der Waals surface area contributed by atoms with Crippen LogP contribution in [0.1, 0.15) is 31.9 Å². The lowest BCUT2D eigenvalue weighted by molar-refractivity contribution is 0.194. The molecule has 2 aromatic rings. The summed E-state index contributed by atoms with van der Waals surface area (Å²) in [7, 11) is 0. The SMILES string of the molecule is CCCn1cc(Oc2ncccc2C(C)O)cn1. The van der Waals surface area contributed by atoms with Crippen molar-refractivity contribution >= 4 is 0 Å². The first-order valence-electron chi connectivity index (χ1n) is 6.04. The Hall–Kier alpha value is -1.88. The van der Waals surface area contributed by atoms with Gasteiger partial charge in [-0.05, 0) is 25.5 Å². The van der Waals surface area contributed by atoms with Crippen molar-refractivity contribution in [3.63, 3.8) is 0 Å². The highest BCUT2D eigenvalue weighted by atomic mass is 16.5. The van der Waals surface area contributed by atoms with Gasteiger partial charge in [0.25, 0.3) is 0 Å². The molecule has 0 aliphatic carbocycles. The maximum absolute atomic E-state index is 9.63. The van der Waals surface area contributed by atoms with E-state index in [-0.39, 0.29) is 0 Å². The summed E-state index contributed by atoms with van der Waals surface area (Å²) in [6.45, 7) is 4.63. The van der Waals surface area contributed by atoms with Crippen molar-refractivity contribution in [3.05, 3.63) is 36.3 Å². The Kier molecular flexibility index (Phi) is 3.94. The molecule has 1 atom stereocenters. The van der Waals surface area contributed by atoms with Crippen molar-refractivity contribution in [2.24, 2.45) is 0 Å². The van der Waals surface area contributed by atoms with Gasteiger partial charge in [0.05, 0.1) is 18.5 Å². The first-order chi connectivity index (χ1) is 8.70. The minimum atomic E-state index is -0.612. The van der Waals surface area contributed by atoms with Gasteiger partial charge in [-0.15, -0.1) is 0 Å². The number of aliphatic hydroxyl groups is 1. The highest BCUT2D eigenvalue weighted by molar-refractivity contribution is 5.31. The molecule has 96 valence electrons. The highest BCUT2D eigenvalue weighted by Crippen LogP contribution is 2.26. The zero-order valence-electron chi connectivity index (χ0n) is 10.6. The Balaban J connectivity index is 2.17. The van der Waals surface area contributed by atoms with Crippen molar-refractivity contribution in [2.75, 3.05) is 0 Å². The Morgan fingerprint density at radius 1 is 1.50 bits per heavy atom. The van der Waals surface area contributed by atoms with E-state index < -0.39 is 6.10 Å². The van der Waals surface area contributed by atoms with Gasteiger partial charge in [0, 0.05) is 18.3 Å². The molecule has 1 N–H and O–H groups in total. The second-order valence-electron chi connectivity index (χ2n) is 4.11. The molecule has 2 heterocycles. The van der Waals surface area contributed by atoms with Crippen molar-refractivity contribution in [1.82, 2.24) is 14.8 Å². The third-order valence-electron chi connectivity index (χ3n) is 2.53. The number of pyridine rings is 1. The third-order valence-corrected chi connectivity index (χ3v) is 2.53. The first kappa shape index (κ1) is 12.6. The molecule has 1 unspecified atom stereocenters. The van der Waals surface area contributed by atoms with E-state index in [1.807, 2.05) is 10.9 Å². The van der Waals surface area contributed by atoms with E-state index in [1.165, 1.54) is 0 Å². The molecular weight excluding hydrogens is 230 g/mol. The third kappa shape index (κ3) is 2.87. The normalized spacial score (nSPS) is 12.4. The molecule has 0 radical (unpaired) electrons. The molecule has 2 aromatic heterocycles. The largest absolute Gasteiger partial charge is 0.435 e. The predicted octanol–water partition coefficient (Wildman–Crippen LogP) is 2.53. The summed E-state index contributed by atoms with van der Waals surface area (Å²) in [5.74, 6) is 1.05. The van der Waals surface area contributed by atoms with E-state index >= 15 is 0 Å². The number of aryl methyl sites for hydroxylation is 1. The molecule has 0 bridgehead atoms. The lowest BCUT2D eigenvalue weighted by Crippen LogP contribution is -1.98. The van der Waals surface area contributed by atoms with Crippen molar-refractivity contribution in [1.29, 1.82) is 0 Å². The van der Waals surface area contributed by atoms with Gasteiger partial charge in [-0.3, -0.25) is 4.68 Å². The van der Waals surface area contributed by atoms with E-state index in [0.717, 1.165) is 13.0 Å². The number of aromatic nitrogens is 3. The van der Waals surface area contributed by atoms with Gasteiger partial charge in [0.1, 0.15) is 0 Å². The summed E-state index contributed by atoms with van der Waals surface area (Å²) >= 11 is 0. The van der Waals surface area contributed by atoms with Crippen molar-refractivity contribution in [2.45, 2.75) is 32.9 Å². The van der Waals surface area contributed by atoms with E-state index in [1.54, 1.807) is 31.5 Å². The van der Waals surface area contributed by atoms with Gasteiger partial charge in [-0.25, -0.2) is 4.98 Å². The zero-order valence-corrected chi connectivity index (χ0v) is 10.6. The second-order valence-corrected chi connectivity index (χ2v) is 4.11. The number of nitrogens with zero attached hydrogens (tertiary/aromatic N) is 3.